The van der Waals surface area contributed by atoms with E-state index >= 15 is 0 Å². The van der Waals surface area contributed by atoms with Gasteiger partial charge in [-0.15, -0.1) is 24.8 Å². The molecule has 8 heteroatoms. The highest BCUT2D eigenvalue weighted by molar-refractivity contribution is 5.85. The van der Waals surface area contributed by atoms with Crippen LogP contribution >= 0.6 is 24.8 Å². The molecule has 3 atom stereocenters. The molecule has 0 radical (unpaired) electrons. The molecule has 0 unspecified atom stereocenters. The zero-order valence-electron chi connectivity index (χ0n) is 13.5. The second kappa shape index (κ2) is 10.9. The summed E-state index contributed by atoms with van der Waals surface area (Å²) in [4.78, 5) is 16.3. The molecular weight excluding hydrogens is 339 g/mol. The molecular formula is C15H28Cl2N4O2. The molecule has 1 aliphatic rings. The Morgan fingerprint density at radius 2 is 2.22 bits per heavy atom. The van der Waals surface area contributed by atoms with Crippen molar-refractivity contribution in [3.63, 3.8) is 0 Å². The normalized spacial score (nSPS) is 23.5. The highest BCUT2D eigenvalue weighted by Crippen LogP contribution is 2.23. The van der Waals surface area contributed by atoms with E-state index in [4.69, 9.17) is 5.73 Å². The minimum atomic E-state index is -0.456. The summed E-state index contributed by atoms with van der Waals surface area (Å²) < 4.78 is 2.12. The Kier molecular flexibility index (Phi) is 10.5. The van der Waals surface area contributed by atoms with Crippen molar-refractivity contribution in [1.29, 1.82) is 0 Å². The fourth-order valence-corrected chi connectivity index (χ4v) is 2.89. The van der Waals surface area contributed by atoms with Crippen molar-refractivity contribution in [3.05, 3.63) is 18.2 Å². The van der Waals surface area contributed by atoms with E-state index in [0.717, 1.165) is 31.6 Å². The average Bonchev–Trinajstić information content (AvgIpc) is 2.93. The van der Waals surface area contributed by atoms with Gasteiger partial charge in [0, 0.05) is 43.9 Å². The quantitative estimate of drug-likeness (QED) is 0.661. The number of rotatable bonds is 6. The van der Waals surface area contributed by atoms with Gasteiger partial charge in [-0.05, 0) is 25.7 Å². The maximum absolute atomic E-state index is 12.1. The van der Waals surface area contributed by atoms with Crippen LogP contribution in [0, 0.1) is 5.92 Å². The first-order valence-electron chi connectivity index (χ1n) is 7.83. The van der Waals surface area contributed by atoms with Gasteiger partial charge in [0.1, 0.15) is 5.82 Å². The van der Waals surface area contributed by atoms with Gasteiger partial charge in [0.15, 0.2) is 0 Å². The summed E-state index contributed by atoms with van der Waals surface area (Å²) in [5.41, 5.74) is 5.82. The van der Waals surface area contributed by atoms with Crippen LogP contribution in [0.25, 0.3) is 0 Å². The number of aliphatic hydroxyl groups is 1. The Labute approximate surface area is 150 Å². The van der Waals surface area contributed by atoms with E-state index in [0.29, 0.717) is 19.4 Å². The number of nitrogens with two attached hydrogens (primary N) is 1. The topological polar surface area (TPSA) is 93.2 Å². The van der Waals surface area contributed by atoms with E-state index in [1.54, 1.807) is 0 Å². The van der Waals surface area contributed by atoms with Crippen LogP contribution in [0.5, 0.6) is 0 Å². The molecule has 1 amide bonds. The number of imidazole rings is 1. The van der Waals surface area contributed by atoms with Crippen LogP contribution < -0.4 is 11.1 Å². The molecule has 0 spiro atoms. The molecule has 0 saturated heterocycles. The summed E-state index contributed by atoms with van der Waals surface area (Å²) in [5, 5.41) is 12.6. The molecule has 1 saturated carbocycles. The molecule has 1 aliphatic carbocycles. The zero-order chi connectivity index (χ0) is 15.2. The van der Waals surface area contributed by atoms with Crippen molar-refractivity contribution in [1.82, 2.24) is 14.9 Å². The van der Waals surface area contributed by atoms with Crippen LogP contribution in [0.4, 0.5) is 0 Å². The van der Waals surface area contributed by atoms with Crippen LogP contribution in [0.2, 0.25) is 0 Å². The number of halogens is 2. The van der Waals surface area contributed by atoms with Gasteiger partial charge < -0.3 is 20.7 Å². The molecule has 0 aliphatic heterocycles. The largest absolute Gasteiger partial charge is 0.392 e. The van der Waals surface area contributed by atoms with Gasteiger partial charge in [0.05, 0.1) is 6.10 Å². The lowest BCUT2D eigenvalue weighted by molar-refractivity contribution is -0.126. The van der Waals surface area contributed by atoms with Crippen LogP contribution in [0.1, 0.15) is 38.4 Å². The number of nitrogens with one attached hydrogen (secondary N) is 1. The second-order valence-electron chi connectivity index (χ2n) is 5.78. The van der Waals surface area contributed by atoms with E-state index in [1.807, 2.05) is 12.4 Å². The predicted octanol–water partition coefficient (Wildman–Crippen LogP) is 1.28. The van der Waals surface area contributed by atoms with Crippen molar-refractivity contribution in [2.24, 2.45) is 11.7 Å². The van der Waals surface area contributed by atoms with Crippen molar-refractivity contribution in [2.75, 3.05) is 6.54 Å². The van der Waals surface area contributed by atoms with Gasteiger partial charge >= 0.3 is 0 Å². The number of nitrogens with zero attached hydrogens (tertiary/aromatic N) is 2. The third kappa shape index (κ3) is 6.30. The standard InChI is InChI=1S/C15H26N4O2.2ClH/c1-2-14-17-7-9-19(14)8-3-6-18-15(21)11-4-5-13(20)12(16)10-11;;/h7,9,11-13,20H,2-6,8,10,16H2,1H3,(H,18,21);2*1H/t11-,12+,13+;;/m0../s1. The monoisotopic (exact) mass is 366 g/mol. The zero-order valence-corrected chi connectivity index (χ0v) is 15.1. The van der Waals surface area contributed by atoms with Crippen molar-refractivity contribution in [3.8, 4) is 0 Å². The molecule has 1 fully saturated rings. The molecule has 0 bridgehead atoms. The van der Waals surface area contributed by atoms with Crippen LogP contribution in [-0.4, -0.2) is 39.3 Å². The first-order valence-corrected chi connectivity index (χ1v) is 7.83. The van der Waals surface area contributed by atoms with Crippen LogP contribution in [-0.2, 0) is 17.8 Å². The minimum absolute atomic E-state index is 0. The third-order valence-electron chi connectivity index (χ3n) is 4.23. The second-order valence-corrected chi connectivity index (χ2v) is 5.78. The first-order chi connectivity index (χ1) is 10.1. The van der Waals surface area contributed by atoms with E-state index in [-0.39, 0.29) is 42.7 Å². The van der Waals surface area contributed by atoms with Crippen molar-refractivity contribution in [2.45, 2.75) is 57.7 Å². The Hall–Kier alpha value is -0.820. The van der Waals surface area contributed by atoms with Crippen molar-refractivity contribution < 1.29 is 9.90 Å². The number of aromatic nitrogens is 2. The minimum Gasteiger partial charge on any atom is -0.392 e. The van der Waals surface area contributed by atoms with Gasteiger partial charge in [-0.3, -0.25) is 4.79 Å². The van der Waals surface area contributed by atoms with Gasteiger partial charge in [0.2, 0.25) is 5.91 Å². The maximum atomic E-state index is 12.1. The molecule has 134 valence electrons. The maximum Gasteiger partial charge on any atom is 0.223 e. The summed E-state index contributed by atoms with van der Waals surface area (Å²) in [6, 6.07) is -0.271. The number of aryl methyl sites for hydroxylation is 2. The smallest absolute Gasteiger partial charge is 0.223 e. The van der Waals surface area contributed by atoms with Gasteiger partial charge in [-0.1, -0.05) is 6.92 Å². The summed E-state index contributed by atoms with van der Waals surface area (Å²) in [6.07, 6.45) is 7.06. The van der Waals surface area contributed by atoms with Crippen molar-refractivity contribution >= 4 is 30.7 Å². The average molecular weight is 367 g/mol. The Morgan fingerprint density at radius 1 is 1.48 bits per heavy atom. The molecule has 0 aromatic carbocycles. The number of hydrogen-bond donors (Lipinski definition) is 3. The number of carbonyl (C=O) groups is 1. The van der Waals surface area contributed by atoms with Gasteiger partial charge in [-0.25, -0.2) is 4.98 Å². The van der Waals surface area contributed by atoms with E-state index in [2.05, 4.69) is 21.8 Å². The Morgan fingerprint density at radius 3 is 2.87 bits per heavy atom. The van der Waals surface area contributed by atoms with Crippen LogP contribution in [0.3, 0.4) is 0 Å². The molecule has 6 nitrogen and oxygen atoms in total. The number of amides is 1. The molecule has 23 heavy (non-hydrogen) atoms. The summed E-state index contributed by atoms with van der Waals surface area (Å²) in [7, 11) is 0. The molecule has 2 rings (SSSR count). The highest BCUT2D eigenvalue weighted by atomic mass is 35.5. The summed E-state index contributed by atoms with van der Waals surface area (Å²) in [5.74, 6) is 1.09. The van der Waals surface area contributed by atoms with Gasteiger partial charge in [0.25, 0.3) is 0 Å². The fourth-order valence-electron chi connectivity index (χ4n) is 2.89. The SMILES string of the molecule is CCc1nccn1CCCNC(=O)[C@H]1CC[C@@H](O)[C@H](N)C1.Cl.Cl. The van der Waals surface area contributed by atoms with E-state index in [1.165, 1.54) is 0 Å². The Bertz CT molecular complexity index is 470. The van der Waals surface area contributed by atoms with E-state index < -0.39 is 6.10 Å². The summed E-state index contributed by atoms with van der Waals surface area (Å²) >= 11 is 0. The first kappa shape index (κ1) is 22.2. The number of aliphatic hydroxyl groups excluding tert-OH is 1. The third-order valence-corrected chi connectivity index (χ3v) is 4.23. The van der Waals surface area contributed by atoms with Gasteiger partial charge in [-0.2, -0.15) is 0 Å². The van der Waals surface area contributed by atoms with Crippen LogP contribution in [0.15, 0.2) is 12.4 Å². The molecule has 1 heterocycles. The predicted molar refractivity (Wildman–Crippen MR) is 95.1 cm³/mol. The lowest BCUT2D eigenvalue weighted by atomic mass is 9.84. The summed E-state index contributed by atoms with van der Waals surface area (Å²) in [6.45, 7) is 3.61. The molecule has 1 aromatic rings. The Balaban J connectivity index is 0.00000242. The number of carbonyl (C=O) groups excluding carboxylic acids is 1. The molecule has 4 N–H and O–H groups in total. The molecule has 1 aromatic heterocycles. The lowest BCUT2D eigenvalue weighted by Crippen LogP contribution is -2.45. The highest BCUT2D eigenvalue weighted by Gasteiger charge is 2.30. The number of hydrogen-bond acceptors (Lipinski definition) is 4. The fraction of sp³-hybridized carbons (Fsp3) is 0.733. The lowest BCUT2D eigenvalue weighted by Gasteiger charge is -2.30. The van der Waals surface area contributed by atoms with E-state index in [9.17, 15) is 9.90 Å².